The lowest BCUT2D eigenvalue weighted by Gasteiger charge is -2.40. The molecule has 1 saturated heterocycles. The van der Waals surface area contributed by atoms with Crippen molar-refractivity contribution in [3.63, 3.8) is 0 Å². The van der Waals surface area contributed by atoms with Crippen LogP contribution in [0.1, 0.15) is 12.5 Å². The molecule has 0 amide bonds. The van der Waals surface area contributed by atoms with Crippen molar-refractivity contribution in [1.29, 1.82) is 0 Å². The number of carboxylic acids is 1. The molecule has 3 N–H and O–H groups in total. The van der Waals surface area contributed by atoms with E-state index in [1.165, 1.54) is 0 Å². The summed E-state index contributed by atoms with van der Waals surface area (Å²) in [6.45, 7) is 1.16. The van der Waals surface area contributed by atoms with Gasteiger partial charge in [-0.3, -0.25) is 4.79 Å². The van der Waals surface area contributed by atoms with Gasteiger partial charge in [0.25, 0.3) is 0 Å². The van der Waals surface area contributed by atoms with Crippen LogP contribution >= 0.6 is 0 Å². The van der Waals surface area contributed by atoms with Crippen molar-refractivity contribution in [1.82, 2.24) is 0 Å². The Morgan fingerprint density at radius 1 is 1.17 bits per heavy atom. The predicted octanol–water partition coefficient (Wildman–Crippen LogP) is -0.334. The molecule has 1 aromatic rings. The first-order valence-corrected chi connectivity index (χ1v) is 6.97. The van der Waals surface area contributed by atoms with Crippen LogP contribution in [0.15, 0.2) is 30.3 Å². The molecule has 1 aliphatic heterocycles. The number of rotatable bonds is 5. The molecule has 23 heavy (non-hydrogen) atoms. The number of aliphatic carboxylic acids is 1. The van der Waals surface area contributed by atoms with Gasteiger partial charge in [0.2, 0.25) is 0 Å². The molecule has 0 spiro atoms. The molecule has 1 heterocycles. The summed E-state index contributed by atoms with van der Waals surface area (Å²) in [5.41, 5.74) is 0.772. The van der Waals surface area contributed by atoms with Gasteiger partial charge in [0.05, 0.1) is 6.61 Å². The molecule has 0 bridgehead atoms. The van der Waals surface area contributed by atoms with Crippen LogP contribution in [0.4, 0.5) is 0 Å². The van der Waals surface area contributed by atoms with Crippen LogP contribution in [0.5, 0.6) is 0 Å². The first-order chi connectivity index (χ1) is 10.9. The Kier molecular flexibility index (Phi) is 5.67. The lowest BCUT2D eigenvalue weighted by Crippen LogP contribution is -2.61. The summed E-state index contributed by atoms with van der Waals surface area (Å²) >= 11 is 0. The first-order valence-electron chi connectivity index (χ1n) is 6.97. The molecular formula is C15H18O8. The number of carboxylic acid groups (broad SMARTS) is 1. The average Bonchev–Trinajstić information content (AvgIpc) is 2.50. The molecule has 0 unspecified atom stereocenters. The second-order valence-corrected chi connectivity index (χ2v) is 5.11. The molecule has 1 aromatic carbocycles. The van der Waals surface area contributed by atoms with Gasteiger partial charge >= 0.3 is 11.9 Å². The van der Waals surface area contributed by atoms with Crippen LogP contribution in [0.3, 0.4) is 0 Å². The standard InChI is InChI=1S/C15H18O8/c1-8(16)22-13-11(21-7-9-5-3-2-4-6-9)10(17)12(14(18)19)23-15(13)20/h2-6,10-13,15,17,20H,7H2,1H3,(H,18,19)/t10-,11-,12+,13+,15-/m0/s1. The predicted molar refractivity (Wildman–Crippen MR) is 75.1 cm³/mol. The van der Waals surface area contributed by atoms with Crippen LogP contribution in [0, 0.1) is 0 Å². The number of carbonyl (C=O) groups excluding carboxylic acids is 1. The number of carbonyl (C=O) groups is 2. The number of hydrogen-bond acceptors (Lipinski definition) is 7. The topological polar surface area (TPSA) is 123 Å². The van der Waals surface area contributed by atoms with Gasteiger partial charge in [-0.25, -0.2) is 4.79 Å². The number of aliphatic hydroxyl groups is 2. The second kappa shape index (κ2) is 7.51. The van der Waals surface area contributed by atoms with E-state index < -0.39 is 42.6 Å². The maximum absolute atomic E-state index is 11.2. The lowest BCUT2D eigenvalue weighted by atomic mass is 9.98. The Labute approximate surface area is 132 Å². The number of hydrogen-bond donors (Lipinski definition) is 3. The number of esters is 1. The van der Waals surface area contributed by atoms with Crippen molar-refractivity contribution in [2.45, 2.75) is 44.2 Å². The lowest BCUT2D eigenvalue weighted by molar-refractivity contribution is -0.292. The van der Waals surface area contributed by atoms with Gasteiger partial charge in [0.1, 0.15) is 12.2 Å². The fraction of sp³-hybridized carbons (Fsp3) is 0.467. The Morgan fingerprint density at radius 3 is 2.39 bits per heavy atom. The third-order valence-corrected chi connectivity index (χ3v) is 3.37. The highest BCUT2D eigenvalue weighted by Gasteiger charge is 2.50. The van der Waals surface area contributed by atoms with E-state index in [9.17, 15) is 19.8 Å². The SMILES string of the molecule is CC(=O)O[C@@H]1[C@@H](OCc2ccccc2)[C@H](O)[C@H](C(=O)O)O[C@@H]1O. The summed E-state index contributed by atoms with van der Waals surface area (Å²) in [5, 5.41) is 29.1. The van der Waals surface area contributed by atoms with E-state index in [4.69, 9.17) is 19.3 Å². The van der Waals surface area contributed by atoms with E-state index >= 15 is 0 Å². The molecular weight excluding hydrogens is 308 g/mol. The molecule has 0 aliphatic carbocycles. The smallest absolute Gasteiger partial charge is 0.335 e. The van der Waals surface area contributed by atoms with Gasteiger partial charge in [-0.1, -0.05) is 30.3 Å². The molecule has 1 aliphatic rings. The Balaban J connectivity index is 2.16. The van der Waals surface area contributed by atoms with Crippen LogP contribution in [-0.4, -0.2) is 58.0 Å². The molecule has 5 atom stereocenters. The first kappa shape index (κ1) is 17.4. The second-order valence-electron chi connectivity index (χ2n) is 5.11. The van der Waals surface area contributed by atoms with E-state index in [1.54, 1.807) is 24.3 Å². The highest BCUT2D eigenvalue weighted by Crippen LogP contribution is 2.26. The number of aliphatic hydroxyl groups excluding tert-OH is 2. The van der Waals surface area contributed by atoms with E-state index in [1.807, 2.05) is 6.07 Å². The van der Waals surface area contributed by atoms with Gasteiger partial charge < -0.3 is 29.5 Å². The van der Waals surface area contributed by atoms with Gasteiger partial charge in [-0.15, -0.1) is 0 Å². The molecule has 8 nitrogen and oxygen atoms in total. The van der Waals surface area contributed by atoms with Crippen LogP contribution in [0.2, 0.25) is 0 Å². The monoisotopic (exact) mass is 326 g/mol. The van der Waals surface area contributed by atoms with Crippen LogP contribution in [-0.2, 0) is 30.4 Å². The zero-order chi connectivity index (χ0) is 17.0. The third-order valence-electron chi connectivity index (χ3n) is 3.37. The normalized spacial score (nSPS) is 30.7. The van der Waals surface area contributed by atoms with Crippen molar-refractivity contribution in [3.8, 4) is 0 Å². The molecule has 0 saturated carbocycles. The number of benzene rings is 1. The Morgan fingerprint density at radius 2 is 1.83 bits per heavy atom. The quantitative estimate of drug-likeness (QED) is 0.629. The summed E-state index contributed by atoms with van der Waals surface area (Å²) in [4.78, 5) is 22.3. The fourth-order valence-corrected chi connectivity index (χ4v) is 2.32. The fourth-order valence-electron chi connectivity index (χ4n) is 2.32. The molecule has 8 heteroatoms. The van der Waals surface area contributed by atoms with E-state index in [0.29, 0.717) is 0 Å². The van der Waals surface area contributed by atoms with Crippen molar-refractivity contribution >= 4 is 11.9 Å². The minimum atomic E-state index is -1.72. The number of ether oxygens (including phenoxy) is 3. The van der Waals surface area contributed by atoms with Gasteiger partial charge in [-0.2, -0.15) is 0 Å². The van der Waals surface area contributed by atoms with Crippen molar-refractivity contribution in [2.75, 3.05) is 0 Å². The minimum absolute atomic E-state index is 0.0411. The van der Waals surface area contributed by atoms with Crippen LogP contribution < -0.4 is 0 Å². The Bertz CT molecular complexity index is 546. The largest absolute Gasteiger partial charge is 0.479 e. The zero-order valence-electron chi connectivity index (χ0n) is 12.4. The van der Waals surface area contributed by atoms with E-state index in [-0.39, 0.29) is 6.61 Å². The highest BCUT2D eigenvalue weighted by molar-refractivity contribution is 5.73. The van der Waals surface area contributed by atoms with Crippen molar-refractivity contribution in [2.24, 2.45) is 0 Å². The summed E-state index contributed by atoms with van der Waals surface area (Å²) in [5.74, 6) is -2.17. The molecule has 2 rings (SSSR count). The average molecular weight is 326 g/mol. The maximum Gasteiger partial charge on any atom is 0.335 e. The molecule has 0 aromatic heterocycles. The summed E-state index contributed by atoms with van der Waals surface area (Å²) in [6, 6.07) is 8.95. The van der Waals surface area contributed by atoms with Gasteiger partial charge in [0, 0.05) is 6.92 Å². The Hall–Kier alpha value is -2.00. The molecule has 126 valence electrons. The van der Waals surface area contributed by atoms with Crippen LogP contribution in [0.25, 0.3) is 0 Å². The summed E-state index contributed by atoms with van der Waals surface area (Å²) in [6.07, 6.45) is -7.59. The molecule has 1 fully saturated rings. The zero-order valence-corrected chi connectivity index (χ0v) is 12.4. The van der Waals surface area contributed by atoms with Gasteiger partial charge in [-0.05, 0) is 5.56 Å². The summed E-state index contributed by atoms with van der Waals surface area (Å²) in [7, 11) is 0. The van der Waals surface area contributed by atoms with Crippen molar-refractivity contribution in [3.05, 3.63) is 35.9 Å². The summed E-state index contributed by atoms with van der Waals surface area (Å²) < 4.78 is 15.2. The highest BCUT2D eigenvalue weighted by atomic mass is 16.7. The molecule has 0 radical (unpaired) electrons. The van der Waals surface area contributed by atoms with Gasteiger partial charge in [0.15, 0.2) is 18.5 Å². The third kappa shape index (κ3) is 4.26. The maximum atomic E-state index is 11.2. The van der Waals surface area contributed by atoms with E-state index in [0.717, 1.165) is 12.5 Å². The minimum Gasteiger partial charge on any atom is -0.479 e. The van der Waals surface area contributed by atoms with Crippen molar-refractivity contribution < 1.29 is 39.1 Å². The van der Waals surface area contributed by atoms with E-state index in [2.05, 4.69) is 0 Å².